The highest BCUT2D eigenvalue weighted by atomic mass is 35.5. The predicted molar refractivity (Wildman–Crippen MR) is 132 cm³/mol. The first-order valence-electron chi connectivity index (χ1n) is 10.9. The van der Waals surface area contributed by atoms with Gasteiger partial charge >= 0.3 is 12.4 Å². The lowest BCUT2D eigenvalue weighted by Gasteiger charge is -2.14. The molecule has 2 atom stereocenters. The third-order valence-electron chi connectivity index (χ3n) is 5.96. The van der Waals surface area contributed by atoms with Gasteiger partial charge in [0.25, 0.3) is 5.91 Å². The highest BCUT2D eigenvalue weighted by Crippen LogP contribution is 2.65. The second-order valence-corrected chi connectivity index (χ2v) is 10.6. The molecule has 2 unspecified atom stereocenters. The van der Waals surface area contributed by atoms with Crippen LogP contribution in [-0.2, 0) is 17.1 Å². The van der Waals surface area contributed by atoms with E-state index in [9.17, 15) is 44.7 Å². The Hall–Kier alpha value is -3.09. The zero-order chi connectivity index (χ0) is 29.8. The van der Waals surface area contributed by atoms with E-state index < -0.39 is 68.7 Å². The molecule has 1 saturated carbocycles. The summed E-state index contributed by atoms with van der Waals surface area (Å²) >= 11 is 18.3. The van der Waals surface area contributed by atoms with Crippen LogP contribution in [0.2, 0.25) is 5.02 Å². The van der Waals surface area contributed by atoms with Crippen molar-refractivity contribution in [3.63, 3.8) is 0 Å². The van der Waals surface area contributed by atoms with Gasteiger partial charge in [0.05, 0.1) is 33.3 Å². The van der Waals surface area contributed by atoms with Crippen LogP contribution >= 0.6 is 34.8 Å². The van der Waals surface area contributed by atoms with Crippen molar-refractivity contribution in [1.29, 1.82) is 0 Å². The van der Waals surface area contributed by atoms with Gasteiger partial charge in [-0.15, -0.1) is 23.2 Å². The quantitative estimate of drug-likeness (QED) is 0.219. The second kappa shape index (κ2) is 10.4. The Morgan fingerprint density at radius 1 is 0.800 bits per heavy atom. The normalized spacial score (nSPS) is 18.3. The Kier molecular flexibility index (Phi) is 7.76. The third kappa shape index (κ3) is 6.13. The lowest BCUT2D eigenvalue weighted by molar-refractivity contribution is -0.143. The number of rotatable bonds is 5. The van der Waals surface area contributed by atoms with E-state index >= 15 is 0 Å². The molecule has 3 aromatic rings. The van der Waals surface area contributed by atoms with Gasteiger partial charge in [0.2, 0.25) is 5.91 Å². The number of benzene rings is 3. The Balaban J connectivity index is 1.57. The van der Waals surface area contributed by atoms with Crippen molar-refractivity contribution in [2.24, 2.45) is 5.92 Å². The average Bonchev–Trinajstić information content (AvgIpc) is 3.42. The lowest BCUT2D eigenvalue weighted by Crippen LogP contribution is -2.18. The molecule has 0 saturated heterocycles. The van der Waals surface area contributed by atoms with Crippen LogP contribution in [0.5, 0.6) is 0 Å². The Morgan fingerprint density at radius 2 is 1.40 bits per heavy atom. The van der Waals surface area contributed by atoms with Gasteiger partial charge in [-0.2, -0.15) is 26.3 Å². The van der Waals surface area contributed by atoms with Crippen LogP contribution in [0.3, 0.4) is 0 Å². The Morgan fingerprint density at radius 3 is 1.95 bits per heavy atom. The summed E-state index contributed by atoms with van der Waals surface area (Å²) in [5.74, 6) is -6.77. The summed E-state index contributed by atoms with van der Waals surface area (Å²) in [7, 11) is 0. The van der Waals surface area contributed by atoms with Crippen LogP contribution in [0.4, 0.5) is 46.5 Å². The molecule has 2 amide bonds. The van der Waals surface area contributed by atoms with E-state index in [1.54, 1.807) is 0 Å². The topological polar surface area (TPSA) is 58.2 Å². The molecule has 1 aliphatic rings. The molecule has 0 aliphatic heterocycles. The molecule has 1 aliphatic carbocycles. The molecule has 0 aromatic heterocycles. The van der Waals surface area contributed by atoms with E-state index in [1.807, 2.05) is 0 Å². The van der Waals surface area contributed by atoms with Crippen molar-refractivity contribution in [2.45, 2.75) is 22.6 Å². The molecule has 40 heavy (non-hydrogen) atoms. The van der Waals surface area contributed by atoms with E-state index in [-0.39, 0.29) is 28.0 Å². The lowest BCUT2D eigenvalue weighted by atomic mass is 10.0. The van der Waals surface area contributed by atoms with Crippen molar-refractivity contribution in [3.8, 4) is 0 Å². The number of carbonyl (C=O) groups is 2. The van der Waals surface area contributed by atoms with Crippen molar-refractivity contribution >= 4 is 58.0 Å². The zero-order valence-corrected chi connectivity index (χ0v) is 21.6. The van der Waals surface area contributed by atoms with Crippen LogP contribution in [0, 0.1) is 17.6 Å². The minimum Gasteiger partial charge on any atom is -0.326 e. The fourth-order valence-electron chi connectivity index (χ4n) is 4.00. The van der Waals surface area contributed by atoms with Gasteiger partial charge in [-0.3, -0.25) is 9.59 Å². The zero-order valence-electron chi connectivity index (χ0n) is 19.3. The van der Waals surface area contributed by atoms with Gasteiger partial charge in [0.1, 0.15) is 16.0 Å². The standard InChI is InChI=1S/C25H13Cl3F8N2O2/c26-16-3-2-14(9-15(16)21(39)38-18-4-1-13(29)8-17(18)30)37-22(40)20-19(23(20,27)28)10-5-11(24(31,32)33)7-12(6-10)25(34,35)36/h1-9,19-20H,(H,37,40)(H,38,39). The molecule has 3 aromatic carbocycles. The maximum atomic E-state index is 13.9. The Bertz CT molecular complexity index is 1480. The van der Waals surface area contributed by atoms with Crippen LogP contribution in [0.25, 0.3) is 0 Å². The number of anilines is 2. The number of alkyl halides is 8. The molecule has 4 nitrogen and oxygen atoms in total. The number of amides is 2. The highest BCUT2D eigenvalue weighted by molar-refractivity contribution is 6.53. The van der Waals surface area contributed by atoms with Gasteiger partial charge < -0.3 is 10.6 Å². The fraction of sp³-hybridized carbons (Fsp3) is 0.200. The van der Waals surface area contributed by atoms with Gasteiger partial charge in [-0.05, 0) is 54.1 Å². The van der Waals surface area contributed by atoms with Crippen molar-refractivity contribution in [2.75, 3.05) is 10.6 Å². The summed E-state index contributed by atoms with van der Waals surface area (Å²) in [6.45, 7) is 0. The molecule has 15 heteroatoms. The summed E-state index contributed by atoms with van der Waals surface area (Å²) in [5, 5.41) is 4.39. The first-order chi connectivity index (χ1) is 18.4. The van der Waals surface area contributed by atoms with Crippen LogP contribution in [-0.4, -0.2) is 16.1 Å². The minimum absolute atomic E-state index is 0.0663. The molecule has 212 valence electrons. The third-order valence-corrected chi connectivity index (χ3v) is 7.23. The molecule has 0 heterocycles. The van der Waals surface area contributed by atoms with Gasteiger partial charge in [0, 0.05) is 17.7 Å². The predicted octanol–water partition coefficient (Wildman–Crippen LogP) is 8.43. The molecule has 4 rings (SSSR count). The molecular weight excluding hydrogens is 619 g/mol. The maximum Gasteiger partial charge on any atom is 0.416 e. The maximum absolute atomic E-state index is 13.9. The van der Waals surface area contributed by atoms with E-state index in [4.69, 9.17) is 34.8 Å². The number of carbonyl (C=O) groups excluding carboxylic acids is 2. The van der Waals surface area contributed by atoms with Crippen LogP contribution < -0.4 is 10.6 Å². The monoisotopic (exact) mass is 630 g/mol. The minimum atomic E-state index is -5.12. The van der Waals surface area contributed by atoms with Crippen molar-refractivity contribution < 1.29 is 44.7 Å². The van der Waals surface area contributed by atoms with E-state index in [0.717, 1.165) is 18.2 Å². The van der Waals surface area contributed by atoms with Crippen LogP contribution in [0.1, 0.15) is 33.0 Å². The molecule has 0 spiro atoms. The molecule has 2 N–H and O–H groups in total. The first-order valence-corrected chi connectivity index (χ1v) is 12.1. The molecule has 1 fully saturated rings. The largest absolute Gasteiger partial charge is 0.416 e. The molecule has 0 bridgehead atoms. The molecular formula is C25H13Cl3F8N2O2. The number of hydrogen-bond acceptors (Lipinski definition) is 2. The van der Waals surface area contributed by atoms with Gasteiger partial charge in [-0.25, -0.2) is 8.78 Å². The van der Waals surface area contributed by atoms with Gasteiger partial charge in [0.15, 0.2) is 0 Å². The van der Waals surface area contributed by atoms with E-state index in [2.05, 4.69) is 10.6 Å². The second-order valence-electron chi connectivity index (χ2n) is 8.73. The number of nitrogens with one attached hydrogen (secondary N) is 2. The summed E-state index contributed by atoms with van der Waals surface area (Å²) in [6.07, 6.45) is -10.2. The number of hydrogen-bond donors (Lipinski definition) is 2. The number of halogens is 11. The first kappa shape index (κ1) is 29.9. The highest BCUT2D eigenvalue weighted by Gasteiger charge is 2.68. The fourth-order valence-corrected chi connectivity index (χ4v) is 5.04. The summed E-state index contributed by atoms with van der Waals surface area (Å²) in [4.78, 5) is 25.6. The van der Waals surface area contributed by atoms with Crippen LogP contribution in [0.15, 0.2) is 54.6 Å². The van der Waals surface area contributed by atoms with E-state index in [0.29, 0.717) is 18.2 Å². The smallest absolute Gasteiger partial charge is 0.326 e. The molecule has 0 radical (unpaired) electrons. The van der Waals surface area contributed by atoms with Crippen molar-refractivity contribution in [3.05, 3.63) is 93.5 Å². The summed E-state index contributed by atoms with van der Waals surface area (Å²) in [5.41, 5.74) is -4.45. The Labute approximate surface area is 235 Å². The SMILES string of the molecule is O=C(Nc1ccc(F)cc1F)c1cc(NC(=O)C2C(c3cc(C(F)(F)F)cc(C(F)(F)F)c3)C2(Cl)Cl)ccc1Cl. The summed E-state index contributed by atoms with van der Waals surface area (Å²) in [6, 6.07) is 6.71. The van der Waals surface area contributed by atoms with Crippen molar-refractivity contribution in [1.82, 2.24) is 0 Å². The van der Waals surface area contributed by atoms with Gasteiger partial charge in [-0.1, -0.05) is 11.6 Å². The summed E-state index contributed by atoms with van der Waals surface area (Å²) < 4.78 is 105. The average molecular weight is 632 g/mol. The van der Waals surface area contributed by atoms with E-state index in [1.165, 1.54) is 12.1 Å².